The highest BCUT2D eigenvalue weighted by molar-refractivity contribution is 5.95. The summed E-state index contributed by atoms with van der Waals surface area (Å²) >= 11 is 0. The molecule has 1 atom stereocenters. The maximum Gasteiger partial charge on any atom is 0.251 e. The fourth-order valence-corrected chi connectivity index (χ4v) is 1.44. The molecule has 0 spiro atoms. The Bertz CT molecular complexity index is 377. The van der Waals surface area contributed by atoms with Crippen LogP contribution in [0.1, 0.15) is 31.1 Å². The predicted molar refractivity (Wildman–Crippen MR) is 69.2 cm³/mol. The molecule has 0 aliphatic heterocycles. The predicted octanol–water partition coefficient (Wildman–Crippen LogP) is 1.62. The molecule has 1 rings (SSSR count). The van der Waals surface area contributed by atoms with E-state index >= 15 is 0 Å². The van der Waals surface area contributed by atoms with Gasteiger partial charge in [-0.2, -0.15) is 0 Å². The first-order valence-corrected chi connectivity index (χ1v) is 5.81. The molecule has 1 aromatic carbocycles. The zero-order valence-corrected chi connectivity index (χ0v) is 10.5. The molecule has 0 aliphatic carbocycles. The summed E-state index contributed by atoms with van der Waals surface area (Å²) in [6.07, 6.45) is 0. The highest BCUT2D eigenvalue weighted by atomic mass is 16.3. The van der Waals surface area contributed by atoms with Crippen LogP contribution in [0.5, 0.6) is 0 Å². The van der Waals surface area contributed by atoms with Crippen molar-refractivity contribution in [2.45, 2.75) is 32.9 Å². The second kappa shape index (κ2) is 6.25. The molecular weight excluding hydrogens is 216 g/mol. The molecule has 0 radical (unpaired) electrons. The largest absolute Gasteiger partial charge is 0.394 e. The summed E-state index contributed by atoms with van der Waals surface area (Å²) in [7, 11) is 0. The average Bonchev–Trinajstić information content (AvgIpc) is 2.28. The molecule has 0 aromatic heterocycles. The lowest BCUT2D eigenvalue weighted by atomic mass is 10.1. The van der Waals surface area contributed by atoms with E-state index in [2.05, 4.69) is 10.6 Å². The summed E-state index contributed by atoms with van der Waals surface area (Å²) in [6.45, 7) is 5.78. The normalized spacial score (nSPS) is 12.3. The second-order valence-electron chi connectivity index (χ2n) is 4.44. The van der Waals surface area contributed by atoms with Crippen molar-refractivity contribution < 1.29 is 9.90 Å². The highest BCUT2D eigenvalue weighted by Gasteiger charge is 2.09. The molecule has 0 aliphatic rings. The zero-order valence-electron chi connectivity index (χ0n) is 10.5. The molecule has 17 heavy (non-hydrogen) atoms. The van der Waals surface area contributed by atoms with Crippen molar-refractivity contribution in [1.29, 1.82) is 0 Å². The third-order valence-corrected chi connectivity index (χ3v) is 2.23. The molecule has 0 saturated heterocycles. The summed E-state index contributed by atoms with van der Waals surface area (Å²) in [5, 5.41) is 14.8. The lowest BCUT2D eigenvalue weighted by Gasteiger charge is -2.13. The number of hydrogen-bond acceptors (Lipinski definition) is 3. The van der Waals surface area contributed by atoms with Crippen LogP contribution in [0.4, 0.5) is 5.69 Å². The molecule has 1 amide bonds. The quantitative estimate of drug-likeness (QED) is 0.728. The van der Waals surface area contributed by atoms with Crippen LogP contribution in [-0.4, -0.2) is 29.7 Å². The van der Waals surface area contributed by atoms with Gasteiger partial charge in [-0.1, -0.05) is 6.07 Å². The van der Waals surface area contributed by atoms with Gasteiger partial charge in [-0.15, -0.1) is 0 Å². The fourth-order valence-electron chi connectivity index (χ4n) is 1.44. The van der Waals surface area contributed by atoms with E-state index in [1.165, 1.54) is 0 Å². The Balaban J connectivity index is 2.73. The smallest absolute Gasteiger partial charge is 0.251 e. The van der Waals surface area contributed by atoms with Gasteiger partial charge in [-0.25, -0.2) is 0 Å². The van der Waals surface area contributed by atoms with Crippen LogP contribution < -0.4 is 10.6 Å². The summed E-state index contributed by atoms with van der Waals surface area (Å²) in [4.78, 5) is 11.8. The summed E-state index contributed by atoms with van der Waals surface area (Å²) < 4.78 is 0. The SMILES string of the molecule is CC(C)Nc1cccc(C(=O)N[C@@H](C)CO)c1. The number of rotatable bonds is 5. The second-order valence-corrected chi connectivity index (χ2v) is 4.44. The van der Waals surface area contributed by atoms with Gasteiger partial charge in [0.2, 0.25) is 0 Å². The Morgan fingerprint density at radius 2 is 2.06 bits per heavy atom. The number of anilines is 1. The van der Waals surface area contributed by atoms with E-state index in [1.807, 2.05) is 26.0 Å². The number of hydrogen-bond donors (Lipinski definition) is 3. The molecule has 94 valence electrons. The van der Waals surface area contributed by atoms with Gasteiger partial charge < -0.3 is 15.7 Å². The fraction of sp³-hybridized carbons (Fsp3) is 0.462. The maximum absolute atomic E-state index is 11.8. The Labute approximate surface area is 102 Å². The van der Waals surface area contributed by atoms with Crippen LogP contribution >= 0.6 is 0 Å². The summed E-state index contributed by atoms with van der Waals surface area (Å²) in [5.74, 6) is -0.168. The van der Waals surface area contributed by atoms with Gasteiger partial charge in [0, 0.05) is 23.3 Å². The van der Waals surface area contributed by atoms with Crippen LogP contribution in [0.25, 0.3) is 0 Å². The van der Waals surface area contributed by atoms with Crippen molar-refractivity contribution in [3.05, 3.63) is 29.8 Å². The molecular formula is C13H20N2O2. The van der Waals surface area contributed by atoms with Crippen LogP contribution in [0.2, 0.25) is 0 Å². The topological polar surface area (TPSA) is 61.4 Å². The van der Waals surface area contributed by atoms with Crippen LogP contribution in [-0.2, 0) is 0 Å². The van der Waals surface area contributed by atoms with Crippen LogP contribution in [0.3, 0.4) is 0 Å². The van der Waals surface area contributed by atoms with E-state index in [-0.39, 0.29) is 18.6 Å². The number of carbonyl (C=O) groups is 1. The lowest BCUT2D eigenvalue weighted by molar-refractivity contribution is 0.0922. The summed E-state index contributed by atoms with van der Waals surface area (Å²) in [6, 6.07) is 7.41. The van der Waals surface area contributed by atoms with Gasteiger partial charge >= 0.3 is 0 Å². The molecule has 0 heterocycles. The Kier molecular flexibility index (Phi) is 4.97. The molecule has 4 nitrogen and oxygen atoms in total. The van der Waals surface area contributed by atoms with Crippen LogP contribution in [0.15, 0.2) is 24.3 Å². The molecule has 0 unspecified atom stereocenters. The molecule has 3 N–H and O–H groups in total. The minimum absolute atomic E-state index is 0.0598. The molecule has 0 saturated carbocycles. The van der Waals surface area contributed by atoms with Crippen molar-refractivity contribution >= 4 is 11.6 Å². The van der Waals surface area contributed by atoms with Gasteiger partial charge in [-0.05, 0) is 39.0 Å². The number of amides is 1. The first kappa shape index (κ1) is 13.5. The number of aliphatic hydroxyl groups excluding tert-OH is 1. The van der Waals surface area contributed by atoms with Gasteiger partial charge in [0.1, 0.15) is 0 Å². The third kappa shape index (κ3) is 4.44. The molecule has 4 heteroatoms. The molecule has 1 aromatic rings. The van der Waals surface area contributed by atoms with E-state index in [1.54, 1.807) is 19.1 Å². The van der Waals surface area contributed by atoms with E-state index in [9.17, 15) is 4.79 Å². The Morgan fingerprint density at radius 1 is 1.35 bits per heavy atom. The van der Waals surface area contributed by atoms with Crippen molar-refractivity contribution in [2.24, 2.45) is 0 Å². The lowest BCUT2D eigenvalue weighted by Crippen LogP contribution is -2.35. The summed E-state index contributed by atoms with van der Waals surface area (Å²) in [5.41, 5.74) is 1.51. The van der Waals surface area contributed by atoms with Crippen molar-refractivity contribution in [2.75, 3.05) is 11.9 Å². The monoisotopic (exact) mass is 236 g/mol. The van der Waals surface area contributed by atoms with E-state index in [0.717, 1.165) is 5.69 Å². The van der Waals surface area contributed by atoms with Gasteiger partial charge in [0.15, 0.2) is 0 Å². The third-order valence-electron chi connectivity index (χ3n) is 2.23. The number of nitrogens with one attached hydrogen (secondary N) is 2. The van der Waals surface area contributed by atoms with Gasteiger partial charge in [-0.3, -0.25) is 4.79 Å². The van der Waals surface area contributed by atoms with Crippen molar-refractivity contribution in [3.63, 3.8) is 0 Å². The standard InChI is InChI=1S/C13H20N2O2/c1-9(2)14-12-6-4-5-11(7-12)13(17)15-10(3)8-16/h4-7,9-10,14,16H,8H2,1-3H3,(H,15,17)/t10-/m0/s1. The molecule has 0 fully saturated rings. The number of aliphatic hydroxyl groups is 1. The Morgan fingerprint density at radius 3 is 2.65 bits per heavy atom. The van der Waals surface area contributed by atoms with E-state index < -0.39 is 0 Å². The number of carbonyl (C=O) groups excluding carboxylic acids is 1. The van der Waals surface area contributed by atoms with Gasteiger partial charge in [0.25, 0.3) is 5.91 Å². The minimum atomic E-state index is -0.232. The first-order chi connectivity index (χ1) is 8.02. The van der Waals surface area contributed by atoms with Crippen molar-refractivity contribution in [1.82, 2.24) is 5.32 Å². The average molecular weight is 236 g/mol. The maximum atomic E-state index is 11.8. The van der Waals surface area contributed by atoms with Crippen LogP contribution in [0, 0.1) is 0 Å². The van der Waals surface area contributed by atoms with Crippen molar-refractivity contribution in [3.8, 4) is 0 Å². The van der Waals surface area contributed by atoms with Gasteiger partial charge in [0.05, 0.1) is 6.61 Å². The minimum Gasteiger partial charge on any atom is -0.394 e. The van der Waals surface area contributed by atoms with E-state index in [0.29, 0.717) is 11.6 Å². The Hall–Kier alpha value is -1.55. The number of benzene rings is 1. The highest BCUT2D eigenvalue weighted by Crippen LogP contribution is 2.11. The zero-order chi connectivity index (χ0) is 12.8. The first-order valence-electron chi connectivity index (χ1n) is 5.81. The van der Waals surface area contributed by atoms with E-state index in [4.69, 9.17) is 5.11 Å². The molecule has 0 bridgehead atoms.